The quantitative estimate of drug-likeness (QED) is 0.883. The van der Waals surface area contributed by atoms with Gasteiger partial charge in [0.05, 0.1) is 5.60 Å². The number of carbonyl (C=O) groups excluding carboxylic acids is 1. The molecule has 2 heterocycles. The predicted octanol–water partition coefficient (Wildman–Crippen LogP) is 2.86. The van der Waals surface area contributed by atoms with Gasteiger partial charge in [0.2, 0.25) is 0 Å². The topological polar surface area (TPSA) is 54.1 Å². The number of hydrogen-bond acceptors (Lipinski definition) is 2. The number of hydrogen-bond donors (Lipinski definition) is 2. The molecule has 106 valence electrons. The Kier molecular flexibility index (Phi) is 3.26. The van der Waals surface area contributed by atoms with Crippen molar-refractivity contribution in [1.82, 2.24) is 10.3 Å². The Labute approximate surface area is 118 Å². The minimum Gasteiger partial charge on any atom is -0.375 e. The Morgan fingerprint density at radius 1 is 1.40 bits per heavy atom. The summed E-state index contributed by atoms with van der Waals surface area (Å²) in [6.45, 7) is 4.83. The second kappa shape index (κ2) is 4.94. The standard InChI is InChI=1S/C16H20N2O2/c1-16(2)10-13(6-8-20-16)18-15(19)12-4-3-11-5-7-17-14(11)9-12/h3-5,7,9,13,17H,6,8,10H2,1-2H3,(H,18,19). The lowest BCUT2D eigenvalue weighted by atomic mass is 9.93. The molecule has 0 radical (unpaired) electrons. The van der Waals surface area contributed by atoms with Crippen molar-refractivity contribution in [1.29, 1.82) is 0 Å². The first-order valence-electron chi connectivity index (χ1n) is 7.05. The molecule has 1 aliphatic heterocycles. The van der Waals surface area contributed by atoms with E-state index in [0.717, 1.165) is 23.7 Å². The fourth-order valence-corrected chi connectivity index (χ4v) is 2.81. The summed E-state index contributed by atoms with van der Waals surface area (Å²) in [5, 5.41) is 4.23. The van der Waals surface area contributed by atoms with Gasteiger partial charge in [0.25, 0.3) is 5.91 Å². The van der Waals surface area contributed by atoms with Crippen molar-refractivity contribution in [3.63, 3.8) is 0 Å². The number of benzene rings is 1. The lowest BCUT2D eigenvalue weighted by Gasteiger charge is -2.35. The number of fused-ring (bicyclic) bond motifs is 1. The van der Waals surface area contributed by atoms with Gasteiger partial charge in [-0.3, -0.25) is 4.79 Å². The van der Waals surface area contributed by atoms with Gasteiger partial charge in [0.1, 0.15) is 0 Å². The summed E-state index contributed by atoms with van der Waals surface area (Å²) in [6.07, 6.45) is 3.61. The summed E-state index contributed by atoms with van der Waals surface area (Å²) in [5.74, 6) is -0.01000. The molecule has 0 spiro atoms. The van der Waals surface area contributed by atoms with E-state index >= 15 is 0 Å². The molecule has 20 heavy (non-hydrogen) atoms. The van der Waals surface area contributed by atoms with Crippen LogP contribution >= 0.6 is 0 Å². The minimum absolute atomic E-state index is 0.01000. The van der Waals surface area contributed by atoms with E-state index < -0.39 is 0 Å². The first kappa shape index (κ1) is 13.2. The summed E-state index contributed by atoms with van der Waals surface area (Å²) in [5.41, 5.74) is 1.54. The van der Waals surface area contributed by atoms with Gasteiger partial charge in [-0.25, -0.2) is 0 Å². The molecule has 1 amide bonds. The highest BCUT2D eigenvalue weighted by molar-refractivity contribution is 5.98. The monoisotopic (exact) mass is 272 g/mol. The van der Waals surface area contributed by atoms with Crippen LogP contribution in [0.4, 0.5) is 0 Å². The highest BCUT2D eigenvalue weighted by Gasteiger charge is 2.29. The Bertz CT molecular complexity index is 630. The molecule has 1 aliphatic rings. The molecule has 0 bridgehead atoms. The minimum atomic E-state index is -0.153. The number of nitrogens with one attached hydrogen (secondary N) is 2. The van der Waals surface area contributed by atoms with Gasteiger partial charge in [-0.1, -0.05) is 6.07 Å². The van der Waals surface area contributed by atoms with Crippen molar-refractivity contribution in [2.24, 2.45) is 0 Å². The van der Waals surface area contributed by atoms with Crippen LogP contribution in [-0.2, 0) is 4.74 Å². The lowest BCUT2D eigenvalue weighted by Crippen LogP contribution is -2.45. The third-order valence-electron chi connectivity index (χ3n) is 3.85. The average molecular weight is 272 g/mol. The number of rotatable bonds is 2. The van der Waals surface area contributed by atoms with E-state index in [1.807, 2.05) is 30.5 Å². The smallest absolute Gasteiger partial charge is 0.251 e. The summed E-state index contributed by atoms with van der Waals surface area (Å²) >= 11 is 0. The Balaban J connectivity index is 1.72. The van der Waals surface area contributed by atoms with Gasteiger partial charge in [-0.15, -0.1) is 0 Å². The van der Waals surface area contributed by atoms with E-state index in [1.165, 1.54) is 0 Å². The van der Waals surface area contributed by atoms with Crippen LogP contribution in [0.1, 0.15) is 37.0 Å². The van der Waals surface area contributed by atoms with Gasteiger partial charge in [0, 0.05) is 29.9 Å². The van der Waals surface area contributed by atoms with Gasteiger partial charge in [-0.05, 0) is 50.3 Å². The van der Waals surface area contributed by atoms with Crippen LogP contribution in [0.5, 0.6) is 0 Å². The second-order valence-corrected chi connectivity index (χ2v) is 6.05. The molecular weight excluding hydrogens is 252 g/mol. The summed E-state index contributed by atoms with van der Waals surface area (Å²) in [6, 6.07) is 7.92. The SMILES string of the molecule is CC1(C)CC(NC(=O)c2ccc3cc[nH]c3c2)CCO1. The Hall–Kier alpha value is -1.81. The largest absolute Gasteiger partial charge is 0.375 e. The summed E-state index contributed by atoms with van der Waals surface area (Å²) < 4.78 is 5.67. The van der Waals surface area contributed by atoms with Crippen LogP contribution in [0, 0.1) is 0 Å². The molecule has 3 rings (SSSR count). The number of ether oxygens (including phenoxy) is 1. The Morgan fingerprint density at radius 3 is 3.05 bits per heavy atom. The molecule has 1 atom stereocenters. The van der Waals surface area contributed by atoms with Crippen LogP contribution in [-0.4, -0.2) is 29.1 Å². The van der Waals surface area contributed by atoms with Gasteiger partial charge >= 0.3 is 0 Å². The maximum atomic E-state index is 12.3. The van der Waals surface area contributed by atoms with Crippen molar-refractivity contribution in [2.75, 3.05) is 6.61 Å². The first-order valence-corrected chi connectivity index (χ1v) is 7.05. The van der Waals surface area contributed by atoms with E-state index in [9.17, 15) is 4.79 Å². The van der Waals surface area contributed by atoms with Gasteiger partial charge < -0.3 is 15.0 Å². The summed E-state index contributed by atoms with van der Waals surface area (Å²) in [7, 11) is 0. The normalized spacial score (nSPS) is 21.8. The van der Waals surface area contributed by atoms with E-state index in [2.05, 4.69) is 24.1 Å². The maximum absolute atomic E-state index is 12.3. The van der Waals surface area contributed by atoms with Crippen LogP contribution in [0.25, 0.3) is 10.9 Å². The van der Waals surface area contributed by atoms with Gasteiger partial charge in [0.15, 0.2) is 0 Å². The van der Waals surface area contributed by atoms with Gasteiger partial charge in [-0.2, -0.15) is 0 Å². The Morgan fingerprint density at radius 2 is 2.25 bits per heavy atom. The molecule has 1 saturated heterocycles. The molecule has 1 fully saturated rings. The average Bonchev–Trinajstić information content (AvgIpc) is 2.84. The lowest BCUT2D eigenvalue weighted by molar-refractivity contribution is -0.0615. The molecule has 1 aromatic carbocycles. The van der Waals surface area contributed by atoms with Crippen LogP contribution in [0.2, 0.25) is 0 Å². The third-order valence-corrected chi connectivity index (χ3v) is 3.85. The van der Waals surface area contributed by atoms with E-state index in [1.54, 1.807) is 0 Å². The zero-order valence-corrected chi connectivity index (χ0v) is 11.9. The molecule has 2 N–H and O–H groups in total. The van der Waals surface area contributed by atoms with E-state index in [4.69, 9.17) is 4.74 Å². The highest BCUT2D eigenvalue weighted by atomic mass is 16.5. The number of aromatic nitrogens is 1. The second-order valence-electron chi connectivity index (χ2n) is 6.05. The molecule has 2 aromatic rings. The van der Waals surface area contributed by atoms with Crippen molar-refractivity contribution >= 4 is 16.8 Å². The molecule has 4 nitrogen and oxygen atoms in total. The third kappa shape index (κ3) is 2.70. The molecule has 0 saturated carbocycles. The van der Waals surface area contributed by atoms with Crippen molar-refractivity contribution < 1.29 is 9.53 Å². The van der Waals surface area contributed by atoms with Crippen LogP contribution < -0.4 is 5.32 Å². The maximum Gasteiger partial charge on any atom is 0.251 e. The fourth-order valence-electron chi connectivity index (χ4n) is 2.81. The molecule has 4 heteroatoms. The number of carbonyl (C=O) groups is 1. The fraction of sp³-hybridized carbons (Fsp3) is 0.438. The zero-order chi connectivity index (χ0) is 14.2. The number of amides is 1. The number of aromatic amines is 1. The molecule has 1 aromatic heterocycles. The zero-order valence-electron chi connectivity index (χ0n) is 11.9. The van der Waals surface area contributed by atoms with Crippen molar-refractivity contribution in [2.45, 2.75) is 38.3 Å². The van der Waals surface area contributed by atoms with Crippen LogP contribution in [0.3, 0.4) is 0 Å². The molecule has 1 unspecified atom stereocenters. The highest BCUT2D eigenvalue weighted by Crippen LogP contribution is 2.24. The molecular formula is C16H20N2O2. The predicted molar refractivity (Wildman–Crippen MR) is 78.8 cm³/mol. The van der Waals surface area contributed by atoms with Crippen molar-refractivity contribution in [3.8, 4) is 0 Å². The van der Waals surface area contributed by atoms with E-state index in [-0.39, 0.29) is 17.6 Å². The van der Waals surface area contributed by atoms with E-state index in [0.29, 0.717) is 12.2 Å². The number of H-pyrrole nitrogens is 1. The van der Waals surface area contributed by atoms with Crippen LogP contribution in [0.15, 0.2) is 30.5 Å². The first-order chi connectivity index (χ1) is 9.53. The summed E-state index contributed by atoms with van der Waals surface area (Å²) in [4.78, 5) is 15.5. The molecule has 0 aliphatic carbocycles. The van der Waals surface area contributed by atoms with Crippen molar-refractivity contribution in [3.05, 3.63) is 36.0 Å².